The second-order valence-corrected chi connectivity index (χ2v) is 15.5. The summed E-state index contributed by atoms with van der Waals surface area (Å²) in [6, 6.07) is 11.4. The van der Waals surface area contributed by atoms with E-state index >= 15 is 0 Å². The van der Waals surface area contributed by atoms with Gasteiger partial charge in [0, 0.05) is 73.4 Å². The van der Waals surface area contributed by atoms with Gasteiger partial charge in [0.2, 0.25) is 30.1 Å². The highest BCUT2D eigenvalue weighted by molar-refractivity contribution is 7.90. The predicted molar refractivity (Wildman–Crippen MR) is 162 cm³/mol. The van der Waals surface area contributed by atoms with Crippen LogP contribution < -0.4 is 34.4 Å². The Labute approximate surface area is 244 Å². The summed E-state index contributed by atoms with van der Waals surface area (Å²) in [7, 11) is -12.9. The number of rotatable bonds is 6. The van der Waals surface area contributed by atoms with Crippen LogP contribution in [-0.2, 0) is 30.1 Å². The Balaban J connectivity index is 1.79. The molecule has 3 aromatic rings. The zero-order valence-corrected chi connectivity index (χ0v) is 24.9. The largest absolute Gasteiger partial charge is 0.399 e. The molecular weight excluding hydrogens is 607 g/mol. The van der Waals surface area contributed by atoms with Crippen molar-refractivity contribution in [3.63, 3.8) is 0 Å². The minimum atomic E-state index is -4.31. The topological polar surface area (TPSA) is 268 Å². The van der Waals surface area contributed by atoms with Gasteiger partial charge in [-0.25, -0.2) is 25.3 Å². The fourth-order valence-corrected chi connectivity index (χ4v) is 9.09. The zero-order valence-electron chi connectivity index (χ0n) is 22.4. The van der Waals surface area contributed by atoms with E-state index < -0.39 is 30.1 Å². The van der Waals surface area contributed by atoms with Crippen molar-refractivity contribution in [2.45, 2.75) is 14.7 Å². The van der Waals surface area contributed by atoms with Crippen molar-refractivity contribution < 1.29 is 25.3 Å². The molecule has 0 aromatic heterocycles. The number of anilines is 6. The van der Waals surface area contributed by atoms with Gasteiger partial charge in [-0.05, 0) is 54.6 Å². The minimum absolute atomic E-state index is 0.102. The Kier molecular flexibility index (Phi) is 8.50. The molecule has 1 fully saturated rings. The SMILES string of the molecule is Nc1cc(N)cc(S(=O)(=O)N2CCN(S(=O)(=O)c3cc(N)cc(N)c3)CCN(S(=O)(=O)c3cc(N)cc(N)c3)CC2)c1. The molecule has 12 N–H and O–H groups in total. The molecule has 0 unspecified atom stereocenters. The average Bonchev–Trinajstić information content (AvgIpc) is 2.98. The van der Waals surface area contributed by atoms with Gasteiger partial charge in [0.1, 0.15) is 0 Å². The molecule has 1 heterocycles. The van der Waals surface area contributed by atoms with Crippen LogP contribution in [0.25, 0.3) is 0 Å². The summed E-state index contributed by atoms with van der Waals surface area (Å²) >= 11 is 0. The second-order valence-electron chi connectivity index (χ2n) is 9.72. The van der Waals surface area contributed by atoms with Crippen molar-refractivity contribution in [1.82, 2.24) is 12.9 Å². The summed E-state index contributed by atoms with van der Waals surface area (Å²) in [5.74, 6) is 0. The molecule has 4 rings (SSSR count). The summed E-state index contributed by atoms with van der Waals surface area (Å²) < 4.78 is 85.2. The van der Waals surface area contributed by atoms with Gasteiger partial charge in [0.25, 0.3) is 0 Å². The highest BCUT2D eigenvalue weighted by Gasteiger charge is 2.35. The second kappa shape index (κ2) is 11.5. The molecular formula is C24H33N9O6S3. The van der Waals surface area contributed by atoms with Gasteiger partial charge in [-0.3, -0.25) is 0 Å². The molecule has 1 aliphatic rings. The van der Waals surface area contributed by atoms with Crippen molar-refractivity contribution in [2.75, 3.05) is 73.7 Å². The third kappa shape index (κ3) is 6.48. The molecule has 0 atom stereocenters. The highest BCUT2D eigenvalue weighted by Crippen LogP contribution is 2.27. The number of nitrogens with two attached hydrogens (primary N) is 6. The minimum Gasteiger partial charge on any atom is -0.399 e. The van der Waals surface area contributed by atoms with Gasteiger partial charge < -0.3 is 34.4 Å². The molecule has 0 radical (unpaired) electrons. The van der Waals surface area contributed by atoms with Crippen LogP contribution in [0.3, 0.4) is 0 Å². The van der Waals surface area contributed by atoms with E-state index in [0.29, 0.717) is 0 Å². The van der Waals surface area contributed by atoms with Gasteiger partial charge >= 0.3 is 0 Å². The van der Waals surface area contributed by atoms with E-state index in [0.717, 1.165) is 12.9 Å². The average molecular weight is 640 g/mol. The third-order valence-electron chi connectivity index (χ3n) is 6.56. The molecule has 3 aromatic carbocycles. The number of sulfonamides is 3. The Morgan fingerprint density at radius 2 is 0.524 bits per heavy atom. The van der Waals surface area contributed by atoms with Crippen molar-refractivity contribution in [2.24, 2.45) is 0 Å². The fourth-order valence-electron chi connectivity index (χ4n) is 4.56. The molecule has 0 bridgehead atoms. The van der Waals surface area contributed by atoms with E-state index in [2.05, 4.69) is 0 Å². The van der Waals surface area contributed by atoms with Crippen LogP contribution in [0.4, 0.5) is 34.1 Å². The first-order valence-electron chi connectivity index (χ1n) is 12.5. The summed E-state index contributed by atoms with van der Waals surface area (Å²) in [5.41, 5.74) is 35.6. The van der Waals surface area contributed by atoms with Gasteiger partial charge in [-0.2, -0.15) is 12.9 Å². The van der Waals surface area contributed by atoms with E-state index in [4.69, 9.17) is 34.4 Å². The highest BCUT2D eigenvalue weighted by atomic mass is 32.2. The Morgan fingerprint density at radius 1 is 0.357 bits per heavy atom. The molecule has 0 saturated carbocycles. The van der Waals surface area contributed by atoms with E-state index in [-0.39, 0.29) is 88.1 Å². The lowest BCUT2D eigenvalue weighted by Crippen LogP contribution is -2.41. The van der Waals surface area contributed by atoms with Crippen molar-refractivity contribution in [1.29, 1.82) is 0 Å². The van der Waals surface area contributed by atoms with Crippen molar-refractivity contribution in [3.05, 3.63) is 54.6 Å². The van der Waals surface area contributed by atoms with Gasteiger partial charge in [0.05, 0.1) is 14.7 Å². The molecule has 0 spiro atoms. The number of hydrogen-bond donors (Lipinski definition) is 6. The van der Waals surface area contributed by atoms with Crippen LogP contribution in [0.1, 0.15) is 0 Å². The first-order valence-corrected chi connectivity index (χ1v) is 16.8. The molecule has 15 nitrogen and oxygen atoms in total. The molecule has 18 heteroatoms. The normalized spacial score (nSPS) is 16.9. The molecule has 1 saturated heterocycles. The quantitative estimate of drug-likeness (QED) is 0.188. The monoisotopic (exact) mass is 639 g/mol. The van der Waals surface area contributed by atoms with Crippen molar-refractivity contribution in [3.8, 4) is 0 Å². The molecule has 42 heavy (non-hydrogen) atoms. The lowest BCUT2D eigenvalue weighted by Gasteiger charge is -2.25. The smallest absolute Gasteiger partial charge is 0.243 e. The van der Waals surface area contributed by atoms with E-state index in [1.165, 1.54) is 54.6 Å². The van der Waals surface area contributed by atoms with E-state index in [1.54, 1.807) is 0 Å². The molecule has 228 valence electrons. The number of nitrogens with zero attached hydrogens (tertiary/aromatic N) is 3. The molecule has 0 amide bonds. The number of nitrogen functional groups attached to an aromatic ring is 6. The molecule has 0 aliphatic carbocycles. The predicted octanol–water partition coefficient (Wildman–Crippen LogP) is -0.434. The summed E-state index contributed by atoms with van der Waals surface area (Å²) in [6.45, 7) is -1.87. The van der Waals surface area contributed by atoms with E-state index in [1.807, 2.05) is 0 Å². The fraction of sp³-hybridized carbons (Fsp3) is 0.250. The third-order valence-corrected chi connectivity index (χ3v) is 12.2. The van der Waals surface area contributed by atoms with Gasteiger partial charge in [-0.15, -0.1) is 0 Å². The van der Waals surface area contributed by atoms with Crippen LogP contribution in [0.2, 0.25) is 0 Å². The molecule has 1 aliphatic heterocycles. The first kappa shape index (κ1) is 31.1. The van der Waals surface area contributed by atoms with Gasteiger partial charge in [0.15, 0.2) is 0 Å². The Bertz CT molecular complexity index is 1550. The summed E-state index contributed by atoms with van der Waals surface area (Å²) in [6.07, 6.45) is 0. The van der Waals surface area contributed by atoms with Gasteiger partial charge in [-0.1, -0.05) is 0 Å². The van der Waals surface area contributed by atoms with Crippen LogP contribution in [-0.4, -0.2) is 77.4 Å². The van der Waals surface area contributed by atoms with Crippen LogP contribution >= 0.6 is 0 Å². The maximum atomic E-state index is 13.7. The zero-order chi connectivity index (χ0) is 31.0. The van der Waals surface area contributed by atoms with Crippen LogP contribution in [0.5, 0.6) is 0 Å². The maximum absolute atomic E-state index is 13.7. The lowest BCUT2D eigenvalue weighted by molar-refractivity contribution is 0.365. The van der Waals surface area contributed by atoms with Crippen LogP contribution in [0, 0.1) is 0 Å². The van der Waals surface area contributed by atoms with E-state index in [9.17, 15) is 25.3 Å². The van der Waals surface area contributed by atoms with Crippen LogP contribution in [0.15, 0.2) is 69.3 Å². The maximum Gasteiger partial charge on any atom is 0.243 e. The lowest BCUT2D eigenvalue weighted by atomic mass is 10.3. The Hall–Kier alpha value is -3.81. The summed E-state index contributed by atoms with van der Waals surface area (Å²) in [4.78, 5) is -0.680. The summed E-state index contributed by atoms with van der Waals surface area (Å²) in [5, 5.41) is 0. The van der Waals surface area contributed by atoms with Crippen molar-refractivity contribution >= 4 is 64.2 Å². The number of hydrogen-bond acceptors (Lipinski definition) is 12. The number of benzene rings is 3. The standard InChI is InChI=1S/C24H33N9O6S3/c25-16-7-17(26)11-22(10-16)40(34,35)31-1-2-32(41(36,37)23-12-18(27)8-19(28)13-23)5-6-33(4-3-31)42(38,39)24-14-20(29)9-21(30)15-24/h7-15H,1-6,25-30H2. The Morgan fingerprint density at radius 3 is 0.690 bits per heavy atom. The first-order chi connectivity index (χ1) is 19.5.